The number of phenolic OH excluding ortho intramolecular Hbond substituents is 5. The third kappa shape index (κ3) is 3.83. The summed E-state index contributed by atoms with van der Waals surface area (Å²) in [6, 6.07) is 17.8. The number of halogens is 2. The minimum absolute atomic E-state index is 0.172. The molecule has 4 aromatic carbocycles. The predicted octanol–water partition coefficient (Wildman–Crippen LogP) is 8.37. The van der Waals surface area contributed by atoms with Crippen LogP contribution in [0.15, 0.2) is 81.8 Å². The smallest absolute Gasteiger partial charge is 0.208 e. The molecule has 8 heteroatoms. The summed E-state index contributed by atoms with van der Waals surface area (Å²) >= 11 is 7.15. The maximum Gasteiger partial charge on any atom is 0.208 e. The van der Waals surface area contributed by atoms with Gasteiger partial charge in [0.15, 0.2) is 11.5 Å². The van der Waals surface area contributed by atoms with Crippen molar-refractivity contribution in [2.45, 2.75) is 12.8 Å². The van der Waals surface area contributed by atoms with Crippen molar-refractivity contribution in [3.63, 3.8) is 0 Å². The second-order valence-electron chi connectivity index (χ2n) is 9.20. The van der Waals surface area contributed by atoms with Crippen LogP contribution in [0.4, 0.5) is 0 Å². The van der Waals surface area contributed by atoms with Gasteiger partial charge < -0.3 is 30.1 Å². The molecule has 6 nitrogen and oxygen atoms in total. The van der Waals surface area contributed by atoms with E-state index in [1.165, 1.54) is 0 Å². The number of nitrogens with zero attached hydrogens (tertiary/aromatic N) is 1. The van der Waals surface area contributed by atoms with Crippen LogP contribution in [0.1, 0.15) is 12.8 Å². The Bertz CT molecular complexity index is 1800. The van der Waals surface area contributed by atoms with Crippen molar-refractivity contribution in [3.05, 3.63) is 81.8 Å². The van der Waals surface area contributed by atoms with E-state index >= 15 is 0 Å². The highest BCUT2D eigenvalue weighted by Gasteiger charge is 2.25. The Kier molecular flexibility index (Phi) is 5.89. The van der Waals surface area contributed by atoms with Crippen molar-refractivity contribution in [2.24, 2.45) is 0 Å². The standard InChI is InChI=1S/C30H21Br2NO5/c31-18-10-17(11-19(32)14-18)15-6-8-21-22-9-7-16(25-26(34)28(36)30(38)29(37)27(25)35)13-24(22)33(23(21)12-15)20-4-2-1-3-5-20/h1-2,4,6-14,34-38H,3,5H2. The summed E-state index contributed by atoms with van der Waals surface area (Å²) < 4.78 is 4.10. The van der Waals surface area contributed by atoms with E-state index in [1.807, 2.05) is 18.2 Å². The van der Waals surface area contributed by atoms with Gasteiger partial charge >= 0.3 is 0 Å². The van der Waals surface area contributed by atoms with Gasteiger partial charge in [0.25, 0.3) is 0 Å². The van der Waals surface area contributed by atoms with E-state index in [-0.39, 0.29) is 5.56 Å². The molecule has 1 aliphatic carbocycles. The molecule has 0 amide bonds. The Labute approximate surface area is 234 Å². The van der Waals surface area contributed by atoms with E-state index in [0.29, 0.717) is 5.56 Å². The van der Waals surface area contributed by atoms with Crippen LogP contribution in [-0.2, 0) is 0 Å². The van der Waals surface area contributed by atoms with Crippen LogP contribution in [0.3, 0.4) is 0 Å². The first kappa shape index (κ1) is 24.5. The molecule has 1 aliphatic rings. The van der Waals surface area contributed by atoms with Crippen LogP contribution >= 0.6 is 31.9 Å². The summed E-state index contributed by atoms with van der Waals surface area (Å²) in [7, 11) is 0. The molecule has 6 rings (SSSR count). The Morgan fingerprint density at radius 2 is 1.16 bits per heavy atom. The molecular weight excluding hydrogens is 614 g/mol. The van der Waals surface area contributed by atoms with Crippen molar-refractivity contribution >= 4 is 59.4 Å². The van der Waals surface area contributed by atoms with E-state index in [2.05, 4.69) is 78.9 Å². The Balaban J connectivity index is 1.66. The van der Waals surface area contributed by atoms with E-state index in [4.69, 9.17) is 0 Å². The van der Waals surface area contributed by atoms with Gasteiger partial charge in [0, 0.05) is 25.4 Å². The van der Waals surface area contributed by atoms with Gasteiger partial charge in [-0.25, -0.2) is 0 Å². The maximum absolute atomic E-state index is 10.6. The highest BCUT2D eigenvalue weighted by Crippen LogP contribution is 2.55. The van der Waals surface area contributed by atoms with Crippen molar-refractivity contribution in [1.29, 1.82) is 0 Å². The number of allylic oxidation sites excluding steroid dienone is 4. The first-order chi connectivity index (χ1) is 18.2. The number of aromatic hydroxyl groups is 5. The number of hydrogen-bond donors (Lipinski definition) is 5. The zero-order valence-electron chi connectivity index (χ0n) is 19.8. The summed E-state index contributed by atoms with van der Waals surface area (Å²) in [5.74, 6) is -4.23. The molecule has 5 aromatic rings. The Morgan fingerprint density at radius 1 is 0.605 bits per heavy atom. The lowest BCUT2D eigenvalue weighted by atomic mass is 9.99. The first-order valence-corrected chi connectivity index (χ1v) is 13.4. The predicted molar refractivity (Wildman–Crippen MR) is 157 cm³/mol. The molecule has 38 heavy (non-hydrogen) atoms. The van der Waals surface area contributed by atoms with Crippen molar-refractivity contribution in [3.8, 4) is 51.0 Å². The number of rotatable bonds is 3. The molecule has 0 unspecified atom stereocenters. The topological polar surface area (TPSA) is 106 Å². The highest BCUT2D eigenvalue weighted by molar-refractivity contribution is 9.11. The molecule has 1 heterocycles. The third-order valence-electron chi connectivity index (χ3n) is 6.90. The molecule has 0 saturated heterocycles. The zero-order chi connectivity index (χ0) is 26.7. The van der Waals surface area contributed by atoms with Gasteiger partial charge in [0.2, 0.25) is 17.2 Å². The Hall–Kier alpha value is -3.88. The van der Waals surface area contributed by atoms with E-state index in [1.54, 1.807) is 12.1 Å². The summed E-state index contributed by atoms with van der Waals surface area (Å²) in [6.07, 6.45) is 7.94. The minimum Gasteiger partial charge on any atom is -0.504 e. The highest BCUT2D eigenvalue weighted by atomic mass is 79.9. The van der Waals surface area contributed by atoms with Crippen molar-refractivity contribution < 1.29 is 25.5 Å². The lowest BCUT2D eigenvalue weighted by Crippen LogP contribution is -1.99. The van der Waals surface area contributed by atoms with Gasteiger partial charge in [-0.2, -0.15) is 0 Å². The molecule has 0 spiro atoms. The number of fused-ring (bicyclic) bond motifs is 3. The number of aromatic nitrogens is 1. The second kappa shape index (κ2) is 9.15. The molecule has 1 aromatic heterocycles. The van der Waals surface area contributed by atoms with Gasteiger partial charge in [-0.05, 0) is 65.9 Å². The SMILES string of the molecule is Oc1c(O)c(O)c(-c2ccc3c4ccc(-c5cc(Br)cc(Br)c5)cc4n(C4=CC=CCC4)c3c2)c(O)c1O. The minimum atomic E-state index is -0.982. The van der Waals surface area contributed by atoms with Crippen LogP contribution in [0, 0.1) is 0 Å². The van der Waals surface area contributed by atoms with Gasteiger partial charge in [-0.15, -0.1) is 0 Å². The summed E-state index contributed by atoms with van der Waals surface area (Å²) in [5, 5.41) is 53.2. The number of hydrogen-bond acceptors (Lipinski definition) is 5. The lowest BCUT2D eigenvalue weighted by molar-refractivity contribution is 0.330. The molecule has 0 atom stereocenters. The third-order valence-corrected chi connectivity index (χ3v) is 7.82. The van der Waals surface area contributed by atoms with Crippen LogP contribution in [0.2, 0.25) is 0 Å². The fourth-order valence-electron chi connectivity index (χ4n) is 5.12. The zero-order valence-corrected chi connectivity index (χ0v) is 23.0. The van der Waals surface area contributed by atoms with Gasteiger partial charge in [0.1, 0.15) is 0 Å². The van der Waals surface area contributed by atoms with Crippen LogP contribution in [0.5, 0.6) is 28.7 Å². The molecule has 0 fully saturated rings. The molecule has 0 saturated carbocycles. The van der Waals surface area contributed by atoms with E-state index in [0.717, 1.165) is 60.4 Å². The molecule has 190 valence electrons. The normalized spacial score (nSPS) is 13.4. The van der Waals surface area contributed by atoms with Crippen LogP contribution < -0.4 is 0 Å². The van der Waals surface area contributed by atoms with Crippen molar-refractivity contribution in [2.75, 3.05) is 0 Å². The number of benzene rings is 4. The first-order valence-electron chi connectivity index (χ1n) is 11.8. The molecule has 0 bridgehead atoms. The molecular formula is C30H21Br2NO5. The van der Waals surface area contributed by atoms with Gasteiger partial charge in [-0.1, -0.05) is 68.3 Å². The average molecular weight is 635 g/mol. The molecule has 0 radical (unpaired) electrons. The Morgan fingerprint density at radius 3 is 1.74 bits per heavy atom. The summed E-state index contributed by atoms with van der Waals surface area (Å²) in [5.41, 5.74) is 5.20. The second-order valence-corrected chi connectivity index (χ2v) is 11.0. The largest absolute Gasteiger partial charge is 0.504 e. The van der Waals surface area contributed by atoms with E-state index < -0.39 is 28.7 Å². The van der Waals surface area contributed by atoms with Crippen LogP contribution in [-0.4, -0.2) is 30.1 Å². The molecule has 0 aliphatic heterocycles. The van der Waals surface area contributed by atoms with Crippen LogP contribution in [0.25, 0.3) is 49.8 Å². The van der Waals surface area contributed by atoms with E-state index in [9.17, 15) is 25.5 Å². The average Bonchev–Trinajstić information content (AvgIpc) is 3.24. The fourth-order valence-corrected chi connectivity index (χ4v) is 6.41. The maximum atomic E-state index is 10.6. The molecule has 5 N–H and O–H groups in total. The monoisotopic (exact) mass is 633 g/mol. The van der Waals surface area contributed by atoms with Gasteiger partial charge in [0.05, 0.1) is 16.6 Å². The quantitative estimate of drug-likeness (QED) is 0.101. The fraction of sp³-hybridized carbons (Fsp3) is 0.0667. The lowest BCUT2D eigenvalue weighted by Gasteiger charge is -2.16. The number of phenols is 5. The summed E-state index contributed by atoms with van der Waals surface area (Å²) in [4.78, 5) is 0. The van der Waals surface area contributed by atoms with Gasteiger partial charge in [-0.3, -0.25) is 0 Å². The van der Waals surface area contributed by atoms with Crippen molar-refractivity contribution in [1.82, 2.24) is 4.57 Å². The summed E-state index contributed by atoms with van der Waals surface area (Å²) in [6.45, 7) is 0.